The van der Waals surface area contributed by atoms with Crippen LogP contribution in [0.4, 0.5) is 0 Å². The summed E-state index contributed by atoms with van der Waals surface area (Å²) in [7, 11) is 0. The van der Waals surface area contributed by atoms with Crippen LogP contribution in [0.3, 0.4) is 0 Å². The van der Waals surface area contributed by atoms with Gasteiger partial charge < -0.3 is 20.4 Å². The number of carboxylic acid groups (broad SMARTS) is 2. The van der Waals surface area contributed by atoms with Crippen LogP contribution in [0, 0.1) is 0 Å². The zero-order valence-corrected chi connectivity index (χ0v) is 17.4. The van der Waals surface area contributed by atoms with E-state index in [0.29, 0.717) is 24.0 Å². The molecule has 0 aromatic heterocycles. The van der Waals surface area contributed by atoms with Crippen molar-refractivity contribution in [2.24, 2.45) is 0 Å². The summed E-state index contributed by atoms with van der Waals surface area (Å²) in [6.45, 7) is 5.62. The molecule has 2 atom stereocenters. The molecule has 0 spiro atoms. The molecule has 4 N–H and O–H groups in total. The molecular weight excluding hydrogens is 384 g/mol. The van der Waals surface area contributed by atoms with Crippen molar-refractivity contribution in [2.45, 2.75) is 51.2 Å². The summed E-state index contributed by atoms with van der Waals surface area (Å²) in [6, 6.07) is 16.6. The van der Waals surface area contributed by atoms with Crippen molar-refractivity contribution in [1.29, 1.82) is 0 Å². The van der Waals surface area contributed by atoms with E-state index >= 15 is 0 Å². The van der Waals surface area contributed by atoms with Crippen LogP contribution < -0.4 is 0 Å². The summed E-state index contributed by atoms with van der Waals surface area (Å²) in [4.78, 5) is 20.4. The number of carboxylic acids is 2. The van der Waals surface area contributed by atoms with Gasteiger partial charge in [-0.15, -0.1) is 6.58 Å². The molecular formula is C24H32O6. The summed E-state index contributed by atoms with van der Waals surface area (Å²) in [5.74, 6) is -1.76. The summed E-state index contributed by atoms with van der Waals surface area (Å²) in [5.41, 5.74) is 0.662. The van der Waals surface area contributed by atoms with Crippen LogP contribution in [0.5, 0.6) is 0 Å². The molecule has 0 amide bonds. The van der Waals surface area contributed by atoms with E-state index < -0.39 is 18.0 Å². The molecule has 0 bridgehead atoms. The maximum absolute atomic E-state index is 10.2. The van der Waals surface area contributed by atoms with Gasteiger partial charge in [-0.1, -0.05) is 62.2 Å². The highest BCUT2D eigenvalue weighted by atomic mass is 16.4. The number of hydrogen-bond acceptors (Lipinski definition) is 4. The largest absolute Gasteiger partial charge is 0.478 e. The molecule has 2 unspecified atom stereocenters. The third-order valence-corrected chi connectivity index (χ3v) is 3.92. The van der Waals surface area contributed by atoms with E-state index in [-0.39, 0.29) is 6.10 Å². The number of hydrogen-bond donors (Lipinski definition) is 4. The average molecular weight is 417 g/mol. The van der Waals surface area contributed by atoms with Gasteiger partial charge in [-0.05, 0) is 43.5 Å². The van der Waals surface area contributed by atoms with Gasteiger partial charge in [0.25, 0.3) is 0 Å². The van der Waals surface area contributed by atoms with E-state index in [4.69, 9.17) is 10.2 Å². The normalized spacial score (nSPS) is 11.6. The van der Waals surface area contributed by atoms with Crippen molar-refractivity contribution in [1.82, 2.24) is 0 Å². The van der Waals surface area contributed by atoms with Crippen LogP contribution in [-0.2, 0) is 0 Å². The lowest BCUT2D eigenvalue weighted by molar-refractivity contribution is 0.0686. The van der Waals surface area contributed by atoms with E-state index in [1.165, 1.54) is 0 Å². The molecule has 0 aliphatic heterocycles. The first kappa shape index (κ1) is 27.0. The fourth-order valence-corrected chi connectivity index (χ4v) is 2.32. The standard InChI is InChI=1S/C10H20O2.2C7H6O2/c1-3-5-7-10(12)8-9(11)6-4-2;2*8-7(9)6-4-2-1-3-5-6/h4,9-12H,2-3,5-8H2,1H3;2*1-5H,(H,8,9). The first-order chi connectivity index (χ1) is 14.3. The molecule has 6 heteroatoms. The molecule has 0 radical (unpaired) electrons. The van der Waals surface area contributed by atoms with Gasteiger partial charge in [0.2, 0.25) is 0 Å². The van der Waals surface area contributed by atoms with Crippen molar-refractivity contribution < 1.29 is 30.0 Å². The summed E-state index contributed by atoms with van der Waals surface area (Å²) in [5, 5.41) is 35.4. The fourth-order valence-electron chi connectivity index (χ4n) is 2.32. The van der Waals surface area contributed by atoms with Crippen LogP contribution in [-0.4, -0.2) is 44.6 Å². The van der Waals surface area contributed by atoms with E-state index in [0.717, 1.165) is 19.3 Å². The van der Waals surface area contributed by atoms with E-state index in [2.05, 4.69) is 13.5 Å². The first-order valence-corrected chi connectivity index (χ1v) is 9.85. The molecule has 164 valence electrons. The van der Waals surface area contributed by atoms with Crippen molar-refractivity contribution in [3.63, 3.8) is 0 Å². The van der Waals surface area contributed by atoms with Gasteiger partial charge in [-0.2, -0.15) is 0 Å². The SMILES string of the molecule is C=CCC(O)CC(O)CCCC.O=C(O)c1ccccc1.O=C(O)c1ccccc1. The molecule has 6 nitrogen and oxygen atoms in total. The average Bonchev–Trinajstić information content (AvgIpc) is 2.74. The highest BCUT2D eigenvalue weighted by Crippen LogP contribution is 2.09. The molecule has 2 aromatic rings. The van der Waals surface area contributed by atoms with Gasteiger partial charge in [0, 0.05) is 0 Å². The minimum absolute atomic E-state index is 0.331. The fraction of sp³-hybridized carbons (Fsp3) is 0.333. The monoisotopic (exact) mass is 416 g/mol. The lowest BCUT2D eigenvalue weighted by Gasteiger charge is -2.13. The maximum atomic E-state index is 10.2. The minimum Gasteiger partial charge on any atom is -0.478 e. The Bertz CT molecular complexity index is 665. The Balaban J connectivity index is 0.000000426. The van der Waals surface area contributed by atoms with Crippen LogP contribution in [0.1, 0.15) is 59.7 Å². The molecule has 2 aromatic carbocycles. The number of carbonyl (C=O) groups is 2. The number of aromatic carboxylic acids is 2. The lowest BCUT2D eigenvalue weighted by Crippen LogP contribution is -2.16. The molecule has 0 saturated carbocycles. The number of unbranched alkanes of at least 4 members (excludes halogenated alkanes) is 1. The van der Waals surface area contributed by atoms with Gasteiger partial charge in [-0.25, -0.2) is 9.59 Å². The second kappa shape index (κ2) is 16.9. The predicted molar refractivity (Wildman–Crippen MR) is 118 cm³/mol. The third-order valence-electron chi connectivity index (χ3n) is 3.92. The van der Waals surface area contributed by atoms with Gasteiger partial charge in [0.05, 0.1) is 23.3 Å². The molecule has 2 rings (SSSR count). The van der Waals surface area contributed by atoms with Crippen LogP contribution >= 0.6 is 0 Å². The van der Waals surface area contributed by atoms with Gasteiger partial charge >= 0.3 is 11.9 Å². The topological polar surface area (TPSA) is 115 Å². The molecule has 30 heavy (non-hydrogen) atoms. The highest BCUT2D eigenvalue weighted by molar-refractivity contribution is 5.87. The zero-order chi connectivity index (χ0) is 22.8. The Morgan fingerprint density at radius 1 is 0.867 bits per heavy atom. The predicted octanol–water partition coefficient (Wildman–Crippen LogP) is 4.63. The lowest BCUT2D eigenvalue weighted by atomic mass is 10.0. The van der Waals surface area contributed by atoms with E-state index in [1.807, 2.05) is 0 Å². The molecule has 0 saturated heterocycles. The quantitative estimate of drug-likeness (QED) is 0.443. The first-order valence-electron chi connectivity index (χ1n) is 9.85. The van der Waals surface area contributed by atoms with Crippen LogP contribution in [0.15, 0.2) is 73.3 Å². The third kappa shape index (κ3) is 14.1. The minimum atomic E-state index is -0.879. The second-order valence-corrected chi connectivity index (χ2v) is 6.55. The summed E-state index contributed by atoms with van der Waals surface area (Å²) < 4.78 is 0. The maximum Gasteiger partial charge on any atom is 0.335 e. The van der Waals surface area contributed by atoms with Crippen molar-refractivity contribution in [2.75, 3.05) is 0 Å². The van der Waals surface area contributed by atoms with Crippen molar-refractivity contribution in [3.05, 3.63) is 84.4 Å². The Hall–Kier alpha value is -2.96. The van der Waals surface area contributed by atoms with Crippen molar-refractivity contribution >= 4 is 11.9 Å². The van der Waals surface area contributed by atoms with Crippen molar-refractivity contribution in [3.8, 4) is 0 Å². The number of aliphatic hydroxyl groups is 2. The Morgan fingerprint density at radius 2 is 1.30 bits per heavy atom. The van der Waals surface area contributed by atoms with Gasteiger partial charge in [-0.3, -0.25) is 0 Å². The van der Waals surface area contributed by atoms with Crippen LogP contribution in [0.25, 0.3) is 0 Å². The number of benzene rings is 2. The van der Waals surface area contributed by atoms with E-state index in [1.54, 1.807) is 66.7 Å². The Morgan fingerprint density at radius 3 is 1.60 bits per heavy atom. The highest BCUT2D eigenvalue weighted by Gasteiger charge is 2.09. The molecule has 0 aliphatic rings. The summed E-state index contributed by atoms with van der Waals surface area (Å²) >= 11 is 0. The van der Waals surface area contributed by atoms with Gasteiger partial charge in [0.15, 0.2) is 0 Å². The number of aliphatic hydroxyl groups excluding tert-OH is 2. The second-order valence-electron chi connectivity index (χ2n) is 6.55. The molecule has 0 fully saturated rings. The number of rotatable bonds is 9. The zero-order valence-electron chi connectivity index (χ0n) is 17.4. The Kier molecular flexibility index (Phi) is 15.3. The molecule has 0 aliphatic carbocycles. The smallest absolute Gasteiger partial charge is 0.335 e. The molecule has 0 heterocycles. The van der Waals surface area contributed by atoms with E-state index in [9.17, 15) is 19.8 Å². The van der Waals surface area contributed by atoms with Gasteiger partial charge in [0.1, 0.15) is 0 Å². The Labute approximate surface area is 178 Å². The van der Waals surface area contributed by atoms with Crippen LogP contribution in [0.2, 0.25) is 0 Å². The summed E-state index contributed by atoms with van der Waals surface area (Å²) in [6.07, 6.45) is 4.88.